The third kappa shape index (κ3) is 1.79. The smallest absolute Gasteiger partial charge is 0.170 e. The number of aromatic nitrogens is 3. The van der Waals surface area contributed by atoms with Gasteiger partial charge in [0, 0.05) is 5.56 Å². The van der Waals surface area contributed by atoms with E-state index in [1.54, 1.807) is 0 Å². The molecule has 3 nitrogen and oxygen atoms in total. The second kappa shape index (κ2) is 3.58. The standard InChI is InChI=1S/C10H8BN3/c1-7-3-2-4-8(5-7)9-12-6-13-10(11)14-9/h2-6H,1H3. The Balaban J connectivity index is 2.49. The molecule has 2 aromatic rings. The van der Waals surface area contributed by atoms with Gasteiger partial charge in [-0.1, -0.05) is 23.8 Å². The van der Waals surface area contributed by atoms with Gasteiger partial charge in [0.25, 0.3) is 0 Å². The SMILES string of the molecule is [B]c1ncnc(-c2cccc(C)c2)n1. The van der Waals surface area contributed by atoms with E-state index in [-0.39, 0.29) is 5.72 Å². The summed E-state index contributed by atoms with van der Waals surface area (Å²) in [6.45, 7) is 2.02. The minimum Gasteiger partial charge on any atom is -0.234 e. The monoisotopic (exact) mass is 181 g/mol. The van der Waals surface area contributed by atoms with Crippen LogP contribution in [0.3, 0.4) is 0 Å². The number of hydrogen-bond donors (Lipinski definition) is 0. The van der Waals surface area contributed by atoms with E-state index >= 15 is 0 Å². The van der Waals surface area contributed by atoms with Crippen LogP contribution in [0.5, 0.6) is 0 Å². The van der Waals surface area contributed by atoms with Crippen LogP contribution in [0.4, 0.5) is 0 Å². The average molecular weight is 181 g/mol. The van der Waals surface area contributed by atoms with Crippen molar-refractivity contribution >= 4 is 13.6 Å². The van der Waals surface area contributed by atoms with E-state index in [9.17, 15) is 0 Å². The van der Waals surface area contributed by atoms with Crippen LogP contribution in [-0.2, 0) is 0 Å². The van der Waals surface area contributed by atoms with Crippen LogP contribution in [0, 0.1) is 6.92 Å². The van der Waals surface area contributed by atoms with E-state index in [1.165, 1.54) is 11.9 Å². The summed E-state index contributed by atoms with van der Waals surface area (Å²) in [5.74, 6) is 0.612. The lowest BCUT2D eigenvalue weighted by Gasteiger charge is -2.01. The Kier molecular flexibility index (Phi) is 2.27. The first-order chi connectivity index (χ1) is 6.75. The molecule has 0 unspecified atom stereocenters. The molecular formula is C10H8BN3. The largest absolute Gasteiger partial charge is 0.234 e. The second-order valence-electron chi connectivity index (χ2n) is 3.04. The maximum atomic E-state index is 5.47. The second-order valence-corrected chi connectivity index (χ2v) is 3.04. The summed E-state index contributed by atoms with van der Waals surface area (Å²) in [5, 5.41) is 0. The first-order valence-corrected chi connectivity index (χ1v) is 4.27. The lowest BCUT2D eigenvalue weighted by molar-refractivity contribution is 1.10. The number of aryl methyl sites for hydroxylation is 1. The Labute approximate surface area is 83.7 Å². The third-order valence-corrected chi connectivity index (χ3v) is 1.87. The van der Waals surface area contributed by atoms with Crippen LogP contribution in [-0.4, -0.2) is 22.8 Å². The molecule has 0 aliphatic heterocycles. The molecule has 0 saturated carbocycles. The molecule has 0 amide bonds. The lowest BCUT2D eigenvalue weighted by Crippen LogP contribution is -2.14. The maximum Gasteiger partial charge on any atom is 0.170 e. The first kappa shape index (κ1) is 8.87. The van der Waals surface area contributed by atoms with Crippen LogP contribution < -0.4 is 5.72 Å². The Morgan fingerprint density at radius 1 is 1.21 bits per heavy atom. The molecule has 66 valence electrons. The fourth-order valence-corrected chi connectivity index (χ4v) is 1.23. The van der Waals surface area contributed by atoms with Gasteiger partial charge in [-0.3, -0.25) is 0 Å². The molecule has 0 N–H and O–H groups in total. The highest BCUT2D eigenvalue weighted by molar-refractivity contribution is 6.29. The van der Waals surface area contributed by atoms with Gasteiger partial charge in [0.1, 0.15) is 6.33 Å². The highest BCUT2D eigenvalue weighted by Gasteiger charge is 2.00. The fourth-order valence-electron chi connectivity index (χ4n) is 1.23. The zero-order chi connectivity index (χ0) is 9.97. The molecule has 0 atom stereocenters. The fraction of sp³-hybridized carbons (Fsp3) is 0.100. The highest BCUT2D eigenvalue weighted by Crippen LogP contribution is 2.13. The van der Waals surface area contributed by atoms with E-state index in [0.29, 0.717) is 5.82 Å². The van der Waals surface area contributed by atoms with Gasteiger partial charge in [-0.2, -0.15) is 0 Å². The number of nitrogens with zero attached hydrogens (tertiary/aromatic N) is 3. The molecule has 1 aromatic heterocycles. The topological polar surface area (TPSA) is 38.7 Å². The molecule has 0 bridgehead atoms. The van der Waals surface area contributed by atoms with Crippen molar-refractivity contribution < 1.29 is 0 Å². The molecular weight excluding hydrogens is 173 g/mol. The van der Waals surface area contributed by atoms with E-state index in [4.69, 9.17) is 7.85 Å². The molecule has 2 rings (SSSR count). The van der Waals surface area contributed by atoms with Gasteiger partial charge in [0.2, 0.25) is 0 Å². The summed E-state index contributed by atoms with van der Waals surface area (Å²) >= 11 is 0. The molecule has 4 heteroatoms. The van der Waals surface area contributed by atoms with E-state index in [0.717, 1.165) is 5.56 Å². The Bertz CT molecular complexity index is 413. The maximum absolute atomic E-state index is 5.47. The predicted octanol–water partition coefficient (Wildman–Crippen LogP) is 0.641. The Hall–Kier alpha value is -1.71. The average Bonchev–Trinajstić information content (AvgIpc) is 2.18. The molecule has 0 saturated heterocycles. The van der Waals surface area contributed by atoms with Crippen LogP contribution >= 0.6 is 0 Å². The molecule has 0 aliphatic carbocycles. The van der Waals surface area contributed by atoms with Gasteiger partial charge < -0.3 is 0 Å². The quantitative estimate of drug-likeness (QED) is 0.606. The summed E-state index contributed by atoms with van der Waals surface area (Å²) in [4.78, 5) is 11.8. The Morgan fingerprint density at radius 3 is 2.79 bits per heavy atom. The van der Waals surface area contributed by atoms with Crippen molar-refractivity contribution in [3.63, 3.8) is 0 Å². The van der Waals surface area contributed by atoms with Gasteiger partial charge in [0.15, 0.2) is 13.7 Å². The minimum atomic E-state index is 0.247. The number of benzene rings is 1. The third-order valence-electron chi connectivity index (χ3n) is 1.87. The van der Waals surface area contributed by atoms with Crippen molar-refractivity contribution in [3.05, 3.63) is 36.2 Å². The minimum absolute atomic E-state index is 0.247. The van der Waals surface area contributed by atoms with Gasteiger partial charge >= 0.3 is 0 Å². The molecule has 0 fully saturated rings. The van der Waals surface area contributed by atoms with E-state index in [1.807, 2.05) is 31.2 Å². The van der Waals surface area contributed by atoms with E-state index in [2.05, 4.69) is 15.0 Å². The summed E-state index contributed by atoms with van der Waals surface area (Å²) in [5.41, 5.74) is 2.37. The zero-order valence-corrected chi connectivity index (χ0v) is 7.81. The normalized spacial score (nSPS) is 10.1. The lowest BCUT2D eigenvalue weighted by atomic mass is 10.1. The first-order valence-electron chi connectivity index (χ1n) is 4.27. The summed E-state index contributed by atoms with van der Waals surface area (Å²) < 4.78 is 0. The zero-order valence-electron chi connectivity index (χ0n) is 7.81. The van der Waals surface area contributed by atoms with Crippen LogP contribution in [0.1, 0.15) is 5.56 Å². The summed E-state index contributed by atoms with van der Waals surface area (Å²) in [6.07, 6.45) is 1.42. The van der Waals surface area contributed by atoms with Crippen LogP contribution in [0.15, 0.2) is 30.6 Å². The molecule has 1 heterocycles. The van der Waals surface area contributed by atoms with Gasteiger partial charge in [-0.25, -0.2) is 15.0 Å². The van der Waals surface area contributed by atoms with Crippen molar-refractivity contribution in [3.8, 4) is 11.4 Å². The predicted molar refractivity (Wildman–Crippen MR) is 55.4 cm³/mol. The molecule has 2 radical (unpaired) electrons. The number of hydrogen-bond acceptors (Lipinski definition) is 3. The van der Waals surface area contributed by atoms with Gasteiger partial charge in [-0.05, 0) is 13.0 Å². The van der Waals surface area contributed by atoms with E-state index < -0.39 is 0 Å². The van der Waals surface area contributed by atoms with Crippen LogP contribution in [0.25, 0.3) is 11.4 Å². The summed E-state index contributed by atoms with van der Waals surface area (Å²) in [6, 6.07) is 7.94. The number of rotatable bonds is 1. The van der Waals surface area contributed by atoms with Crippen molar-refractivity contribution in [2.75, 3.05) is 0 Å². The van der Waals surface area contributed by atoms with Crippen molar-refractivity contribution in [2.24, 2.45) is 0 Å². The molecule has 0 spiro atoms. The molecule has 14 heavy (non-hydrogen) atoms. The van der Waals surface area contributed by atoms with Gasteiger partial charge in [0.05, 0.1) is 5.72 Å². The van der Waals surface area contributed by atoms with Crippen LogP contribution in [0.2, 0.25) is 0 Å². The van der Waals surface area contributed by atoms with Crippen molar-refractivity contribution in [1.29, 1.82) is 0 Å². The Morgan fingerprint density at radius 2 is 2.07 bits per heavy atom. The highest BCUT2D eigenvalue weighted by atomic mass is 15.0. The molecule has 1 aromatic carbocycles. The summed E-state index contributed by atoms with van der Waals surface area (Å²) in [7, 11) is 5.47. The molecule has 0 aliphatic rings. The van der Waals surface area contributed by atoms with Crippen molar-refractivity contribution in [1.82, 2.24) is 15.0 Å². The van der Waals surface area contributed by atoms with Gasteiger partial charge in [-0.15, -0.1) is 0 Å². The van der Waals surface area contributed by atoms with Crippen molar-refractivity contribution in [2.45, 2.75) is 6.92 Å².